The smallest absolute Gasteiger partial charge is 0.169 e. The van der Waals surface area contributed by atoms with Crippen LogP contribution in [0.25, 0.3) is 0 Å². The van der Waals surface area contributed by atoms with Crippen molar-refractivity contribution in [3.8, 4) is 0 Å². The Hall–Kier alpha value is -3.32. The molecule has 1 aliphatic heterocycles. The third-order valence-corrected chi connectivity index (χ3v) is 6.18. The number of aliphatic hydroxyl groups excluding tert-OH is 1. The SMILES string of the molecule is O=C1C[C@@H](c2ccc(F)cc2)[C@H](n2cncn2)C(O)=C1[C@@H]1[NH2+]CCc2ccccc21. The van der Waals surface area contributed by atoms with Gasteiger partial charge in [-0.25, -0.2) is 14.1 Å². The molecule has 3 atom stereocenters. The summed E-state index contributed by atoms with van der Waals surface area (Å²) in [4.78, 5) is 17.4. The number of fused-ring (bicyclic) bond motifs is 1. The van der Waals surface area contributed by atoms with Crippen LogP contribution in [0.4, 0.5) is 4.39 Å². The maximum atomic E-state index is 13.5. The number of aliphatic hydroxyl groups is 1. The molecule has 0 saturated heterocycles. The van der Waals surface area contributed by atoms with Crippen LogP contribution in [0.15, 0.2) is 72.5 Å². The summed E-state index contributed by atoms with van der Waals surface area (Å²) >= 11 is 0. The summed E-state index contributed by atoms with van der Waals surface area (Å²) in [7, 11) is 0. The van der Waals surface area contributed by atoms with Crippen molar-refractivity contribution in [1.82, 2.24) is 14.8 Å². The van der Waals surface area contributed by atoms with Crippen LogP contribution in [0.2, 0.25) is 0 Å². The molecule has 2 aromatic carbocycles. The maximum absolute atomic E-state index is 13.5. The quantitative estimate of drug-likeness (QED) is 0.701. The molecule has 2 aliphatic rings. The molecule has 1 aliphatic carbocycles. The molecule has 0 spiro atoms. The standard InChI is InChI=1S/C23H21FN4O2/c24-16-7-5-15(6-8-16)18-11-19(29)20(23(30)22(18)28-13-25-12-27-28)21-17-4-2-1-3-14(17)9-10-26-21/h1-8,12-13,18,21-22,26,30H,9-11H2/p+1/t18-,21+,22-/m0/s1. The summed E-state index contributed by atoms with van der Waals surface area (Å²) in [6, 6.07) is 13.3. The molecule has 6 nitrogen and oxygen atoms in total. The first-order chi connectivity index (χ1) is 14.6. The van der Waals surface area contributed by atoms with Crippen LogP contribution in [0, 0.1) is 5.82 Å². The van der Waals surface area contributed by atoms with Gasteiger partial charge in [0, 0.05) is 24.3 Å². The van der Waals surface area contributed by atoms with Gasteiger partial charge in [0.25, 0.3) is 0 Å². The molecule has 30 heavy (non-hydrogen) atoms. The minimum atomic E-state index is -0.576. The Balaban J connectivity index is 1.64. The number of Topliss-reactive ketones (excluding diaryl/α,β-unsaturated/α-hetero) is 1. The molecule has 5 rings (SSSR count). The fourth-order valence-corrected chi connectivity index (χ4v) is 4.80. The van der Waals surface area contributed by atoms with Crippen molar-refractivity contribution in [2.45, 2.75) is 30.8 Å². The second-order valence-electron chi connectivity index (χ2n) is 7.86. The lowest BCUT2D eigenvalue weighted by molar-refractivity contribution is -0.690. The molecular weight excluding hydrogens is 383 g/mol. The number of benzene rings is 2. The van der Waals surface area contributed by atoms with Crippen LogP contribution in [-0.4, -0.2) is 32.2 Å². The number of aromatic nitrogens is 3. The first-order valence-electron chi connectivity index (χ1n) is 10.1. The second-order valence-corrected chi connectivity index (χ2v) is 7.86. The number of allylic oxidation sites excluding steroid dienone is 1. The Morgan fingerprint density at radius 2 is 1.93 bits per heavy atom. The van der Waals surface area contributed by atoms with Crippen molar-refractivity contribution >= 4 is 5.78 Å². The first-order valence-corrected chi connectivity index (χ1v) is 10.1. The topological polar surface area (TPSA) is 84.6 Å². The van der Waals surface area contributed by atoms with E-state index in [9.17, 15) is 14.3 Å². The van der Waals surface area contributed by atoms with Crippen molar-refractivity contribution in [2.24, 2.45) is 0 Å². The van der Waals surface area contributed by atoms with Gasteiger partial charge < -0.3 is 10.4 Å². The molecular formula is C23H22FN4O2+. The highest BCUT2D eigenvalue weighted by atomic mass is 19.1. The van der Waals surface area contributed by atoms with Crippen molar-refractivity contribution in [1.29, 1.82) is 0 Å². The number of quaternary nitrogens is 1. The average molecular weight is 405 g/mol. The van der Waals surface area contributed by atoms with Crippen LogP contribution in [0.1, 0.15) is 41.1 Å². The van der Waals surface area contributed by atoms with Gasteiger partial charge in [0.1, 0.15) is 36.3 Å². The summed E-state index contributed by atoms with van der Waals surface area (Å²) in [6.45, 7) is 0.848. The third kappa shape index (κ3) is 3.11. The number of hydrogen-bond acceptors (Lipinski definition) is 4. The predicted octanol–water partition coefficient (Wildman–Crippen LogP) is 2.39. The lowest BCUT2D eigenvalue weighted by atomic mass is 9.75. The van der Waals surface area contributed by atoms with Crippen molar-refractivity contribution in [3.05, 3.63) is 95.0 Å². The highest BCUT2D eigenvalue weighted by Crippen LogP contribution is 2.44. The van der Waals surface area contributed by atoms with Gasteiger partial charge in [0.2, 0.25) is 0 Å². The van der Waals surface area contributed by atoms with E-state index in [1.54, 1.807) is 23.1 Å². The normalized spacial score (nSPS) is 24.0. The van der Waals surface area contributed by atoms with E-state index in [-0.39, 0.29) is 35.7 Å². The van der Waals surface area contributed by atoms with Crippen LogP contribution in [0.5, 0.6) is 0 Å². The van der Waals surface area contributed by atoms with Crippen molar-refractivity contribution < 1.29 is 19.6 Å². The summed E-state index contributed by atoms with van der Waals surface area (Å²) < 4.78 is 15.1. The summed E-state index contributed by atoms with van der Waals surface area (Å²) in [6.07, 6.45) is 4.10. The fourth-order valence-electron chi connectivity index (χ4n) is 4.80. The van der Waals surface area contributed by atoms with E-state index < -0.39 is 6.04 Å². The molecule has 0 unspecified atom stereocenters. The number of nitrogens with zero attached hydrogens (tertiary/aromatic N) is 3. The van der Waals surface area contributed by atoms with E-state index in [4.69, 9.17) is 0 Å². The number of carbonyl (C=O) groups excluding carboxylic acids is 1. The lowest BCUT2D eigenvalue weighted by Gasteiger charge is -2.35. The molecule has 3 aromatic rings. The van der Waals surface area contributed by atoms with E-state index in [0.717, 1.165) is 24.1 Å². The lowest BCUT2D eigenvalue weighted by Crippen LogP contribution is -2.88. The van der Waals surface area contributed by atoms with Crippen LogP contribution in [-0.2, 0) is 11.2 Å². The number of ketones is 1. The van der Waals surface area contributed by atoms with E-state index in [0.29, 0.717) is 5.57 Å². The zero-order chi connectivity index (χ0) is 20.7. The predicted molar refractivity (Wildman–Crippen MR) is 107 cm³/mol. The van der Waals surface area contributed by atoms with E-state index in [2.05, 4.69) is 21.5 Å². The zero-order valence-corrected chi connectivity index (χ0v) is 16.3. The van der Waals surface area contributed by atoms with Crippen LogP contribution >= 0.6 is 0 Å². The van der Waals surface area contributed by atoms with Crippen molar-refractivity contribution in [3.63, 3.8) is 0 Å². The molecule has 152 valence electrons. The molecule has 0 radical (unpaired) electrons. The molecule has 0 fully saturated rings. The van der Waals surface area contributed by atoms with Gasteiger partial charge in [-0.1, -0.05) is 36.4 Å². The molecule has 2 heterocycles. The van der Waals surface area contributed by atoms with Gasteiger partial charge >= 0.3 is 0 Å². The number of hydrogen-bond donors (Lipinski definition) is 2. The van der Waals surface area contributed by atoms with E-state index >= 15 is 0 Å². The Bertz CT molecular complexity index is 1110. The summed E-state index contributed by atoms with van der Waals surface area (Å²) in [5, 5.41) is 17.8. The average Bonchev–Trinajstić information content (AvgIpc) is 3.28. The summed E-state index contributed by atoms with van der Waals surface area (Å²) in [5.74, 6) is -0.769. The largest absolute Gasteiger partial charge is 0.509 e. The minimum Gasteiger partial charge on any atom is -0.509 e. The molecule has 1 aromatic heterocycles. The Morgan fingerprint density at radius 1 is 1.13 bits per heavy atom. The number of halogens is 1. The number of rotatable bonds is 3. The van der Waals surface area contributed by atoms with E-state index in [1.165, 1.54) is 24.0 Å². The molecule has 0 saturated carbocycles. The fraction of sp³-hybridized carbons (Fsp3) is 0.261. The highest BCUT2D eigenvalue weighted by Gasteiger charge is 2.44. The Kier molecular flexibility index (Phi) is 4.67. The minimum absolute atomic E-state index is 0.0176. The van der Waals surface area contributed by atoms with Gasteiger partial charge in [0.15, 0.2) is 5.78 Å². The van der Waals surface area contributed by atoms with E-state index in [1.807, 2.05) is 18.2 Å². The van der Waals surface area contributed by atoms with Gasteiger partial charge in [0.05, 0.1) is 12.1 Å². The van der Waals surface area contributed by atoms with Gasteiger partial charge in [-0.05, 0) is 23.3 Å². The maximum Gasteiger partial charge on any atom is 0.169 e. The molecule has 0 amide bonds. The Morgan fingerprint density at radius 3 is 2.70 bits per heavy atom. The molecule has 7 heteroatoms. The van der Waals surface area contributed by atoms with Gasteiger partial charge in [-0.15, -0.1) is 0 Å². The second kappa shape index (κ2) is 7.50. The molecule has 3 N–H and O–H groups in total. The summed E-state index contributed by atoms with van der Waals surface area (Å²) in [5.41, 5.74) is 3.48. The molecule has 0 bridgehead atoms. The highest BCUT2D eigenvalue weighted by molar-refractivity contribution is 5.98. The van der Waals surface area contributed by atoms with Crippen LogP contribution < -0.4 is 5.32 Å². The van der Waals surface area contributed by atoms with Gasteiger partial charge in [-0.2, -0.15) is 5.10 Å². The van der Waals surface area contributed by atoms with Crippen molar-refractivity contribution in [2.75, 3.05) is 6.54 Å². The number of nitrogens with two attached hydrogens (primary N) is 1. The monoisotopic (exact) mass is 405 g/mol. The van der Waals surface area contributed by atoms with Crippen LogP contribution in [0.3, 0.4) is 0 Å². The zero-order valence-electron chi connectivity index (χ0n) is 16.3. The number of carbonyl (C=O) groups is 1. The Labute approximate surface area is 173 Å². The van der Waals surface area contributed by atoms with Gasteiger partial charge in [-0.3, -0.25) is 4.79 Å². The third-order valence-electron chi connectivity index (χ3n) is 6.18. The first kappa shape index (κ1) is 18.7.